The lowest BCUT2D eigenvalue weighted by atomic mass is 9.87. The van der Waals surface area contributed by atoms with Gasteiger partial charge in [-0.15, -0.1) is 5.10 Å². The van der Waals surface area contributed by atoms with E-state index in [1.165, 1.54) is 6.20 Å². The fourth-order valence-corrected chi connectivity index (χ4v) is 1.04. The minimum atomic E-state index is -1.45. The van der Waals surface area contributed by atoms with Crippen molar-refractivity contribution < 1.29 is 10.0 Å². The van der Waals surface area contributed by atoms with Crippen molar-refractivity contribution in [2.45, 2.75) is 18.9 Å². The van der Waals surface area contributed by atoms with Crippen molar-refractivity contribution in [1.82, 2.24) is 15.0 Å². The van der Waals surface area contributed by atoms with Crippen molar-refractivity contribution >= 4 is 12.7 Å². The largest absolute Gasteiger partial charge is 0.509 e. The van der Waals surface area contributed by atoms with E-state index in [1.807, 2.05) is 0 Å². The summed E-state index contributed by atoms with van der Waals surface area (Å²) >= 11 is 0. The van der Waals surface area contributed by atoms with Crippen molar-refractivity contribution in [3.05, 3.63) is 6.20 Å². The van der Waals surface area contributed by atoms with E-state index in [0.717, 1.165) is 12.8 Å². The third-order valence-corrected chi connectivity index (χ3v) is 1.76. The lowest BCUT2D eigenvalue weighted by molar-refractivity contribution is 0.419. The topological polar surface area (TPSA) is 71.2 Å². The number of rotatable bonds is 2. The van der Waals surface area contributed by atoms with Gasteiger partial charge in [0.05, 0.1) is 17.8 Å². The number of nitrogens with zero attached hydrogens (tertiary/aromatic N) is 3. The van der Waals surface area contributed by atoms with Gasteiger partial charge in [-0.1, -0.05) is 5.21 Å². The van der Waals surface area contributed by atoms with Crippen LogP contribution in [0, 0.1) is 0 Å². The Morgan fingerprint density at radius 3 is 2.82 bits per heavy atom. The summed E-state index contributed by atoms with van der Waals surface area (Å²) in [5, 5.41) is 25.0. The van der Waals surface area contributed by atoms with Crippen LogP contribution in [0.1, 0.15) is 18.9 Å². The van der Waals surface area contributed by atoms with Gasteiger partial charge in [-0.2, -0.15) is 0 Å². The first-order valence-electron chi connectivity index (χ1n) is 3.55. The quantitative estimate of drug-likeness (QED) is 0.496. The van der Waals surface area contributed by atoms with Gasteiger partial charge in [0.15, 0.2) is 0 Å². The Hall–Kier alpha value is -0.875. The molecule has 0 unspecified atom stereocenters. The van der Waals surface area contributed by atoms with Crippen LogP contribution in [0.15, 0.2) is 6.20 Å². The van der Waals surface area contributed by atoms with Crippen LogP contribution in [0.2, 0.25) is 0 Å². The predicted molar refractivity (Wildman–Crippen MR) is 38.1 cm³/mol. The average molecular weight is 153 g/mol. The molecule has 2 rings (SSSR count). The summed E-state index contributed by atoms with van der Waals surface area (Å²) in [7, 11) is -1.45. The van der Waals surface area contributed by atoms with Gasteiger partial charge in [-0.05, 0) is 12.8 Å². The van der Waals surface area contributed by atoms with Crippen molar-refractivity contribution in [2.75, 3.05) is 0 Å². The summed E-state index contributed by atoms with van der Waals surface area (Å²) in [5.41, 5.74) is 0.382. The zero-order valence-corrected chi connectivity index (χ0v) is 5.88. The molecule has 58 valence electrons. The normalized spacial score (nSPS) is 16.9. The Bertz CT molecular complexity index is 241. The minimum Gasteiger partial charge on any atom is -0.422 e. The summed E-state index contributed by atoms with van der Waals surface area (Å²) in [5.74, 6) is 0. The maximum atomic E-state index is 8.82. The number of aromatic nitrogens is 3. The maximum absolute atomic E-state index is 8.82. The van der Waals surface area contributed by atoms with E-state index in [9.17, 15) is 0 Å². The van der Waals surface area contributed by atoms with Gasteiger partial charge in [0, 0.05) is 0 Å². The summed E-state index contributed by atoms with van der Waals surface area (Å²) in [4.78, 5) is 0. The van der Waals surface area contributed by atoms with Crippen LogP contribution in [0.3, 0.4) is 0 Å². The Kier molecular flexibility index (Phi) is 1.43. The second kappa shape index (κ2) is 2.32. The third kappa shape index (κ3) is 1.14. The molecule has 2 N–H and O–H groups in total. The highest BCUT2D eigenvalue weighted by Crippen LogP contribution is 2.32. The van der Waals surface area contributed by atoms with Crippen LogP contribution in [0.5, 0.6) is 0 Å². The minimum absolute atomic E-state index is 0.342. The first-order valence-corrected chi connectivity index (χ1v) is 3.55. The first-order chi connectivity index (χ1) is 5.29. The van der Waals surface area contributed by atoms with E-state index < -0.39 is 7.12 Å². The maximum Gasteiger partial charge on any atom is 0.509 e. The van der Waals surface area contributed by atoms with E-state index >= 15 is 0 Å². The van der Waals surface area contributed by atoms with Crippen LogP contribution in [-0.2, 0) is 0 Å². The van der Waals surface area contributed by atoms with E-state index in [-0.39, 0.29) is 0 Å². The smallest absolute Gasteiger partial charge is 0.422 e. The molecule has 0 saturated heterocycles. The van der Waals surface area contributed by atoms with Crippen LogP contribution >= 0.6 is 0 Å². The SMILES string of the molecule is OB(O)c1cnnn1C1CC1. The van der Waals surface area contributed by atoms with Crippen LogP contribution in [-0.4, -0.2) is 32.2 Å². The van der Waals surface area contributed by atoms with E-state index in [1.54, 1.807) is 4.68 Å². The van der Waals surface area contributed by atoms with Crippen molar-refractivity contribution in [2.24, 2.45) is 0 Å². The van der Waals surface area contributed by atoms with Gasteiger partial charge in [0.1, 0.15) is 0 Å². The van der Waals surface area contributed by atoms with Crippen LogP contribution < -0.4 is 5.59 Å². The molecule has 1 aliphatic rings. The fraction of sp³-hybridized carbons (Fsp3) is 0.600. The summed E-state index contributed by atoms with van der Waals surface area (Å²) < 4.78 is 1.57. The highest BCUT2D eigenvalue weighted by Gasteiger charge is 2.30. The summed E-state index contributed by atoms with van der Waals surface area (Å²) in [6.45, 7) is 0. The van der Waals surface area contributed by atoms with E-state index in [0.29, 0.717) is 11.6 Å². The molecule has 0 aliphatic heterocycles. The first kappa shape index (κ1) is 6.81. The summed E-state index contributed by atoms with van der Waals surface area (Å²) in [6.07, 6.45) is 3.50. The molecule has 1 fully saturated rings. The molecule has 1 saturated carbocycles. The predicted octanol–water partition coefficient (Wildman–Crippen LogP) is -1.71. The zero-order valence-electron chi connectivity index (χ0n) is 5.88. The van der Waals surface area contributed by atoms with Crippen molar-refractivity contribution in [1.29, 1.82) is 0 Å². The molecule has 11 heavy (non-hydrogen) atoms. The average Bonchev–Trinajstić information content (AvgIpc) is 2.68. The highest BCUT2D eigenvalue weighted by atomic mass is 16.4. The summed E-state index contributed by atoms with van der Waals surface area (Å²) in [6, 6.07) is 0.342. The Labute approximate surface area is 63.8 Å². The van der Waals surface area contributed by atoms with Gasteiger partial charge < -0.3 is 10.0 Å². The van der Waals surface area contributed by atoms with Gasteiger partial charge in [0.25, 0.3) is 0 Å². The molecule has 1 aromatic rings. The Balaban J connectivity index is 2.30. The van der Waals surface area contributed by atoms with Gasteiger partial charge >= 0.3 is 7.12 Å². The van der Waals surface area contributed by atoms with Gasteiger partial charge in [0.2, 0.25) is 0 Å². The second-order valence-corrected chi connectivity index (χ2v) is 2.71. The van der Waals surface area contributed by atoms with Crippen molar-refractivity contribution in [3.63, 3.8) is 0 Å². The molecule has 0 spiro atoms. The van der Waals surface area contributed by atoms with E-state index in [4.69, 9.17) is 10.0 Å². The third-order valence-electron chi connectivity index (χ3n) is 1.76. The number of hydrogen-bond donors (Lipinski definition) is 2. The lowest BCUT2D eigenvalue weighted by Crippen LogP contribution is -2.36. The van der Waals surface area contributed by atoms with Gasteiger partial charge in [-0.25, -0.2) is 4.68 Å². The molecule has 6 heteroatoms. The standard InChI is InChI=1S/C5H8BN3O2/c10-6(11)5-3-7-8-9(5)4-1-2-4/h3-4,10-11H,1-2H2. The molecule has 0 atom stereocenters. The lowest BCUT2D eigenvalue weighted by Gasteiger charge is -2.00. The molecule has 0 aromatic carbocycles. The van der Waals surface area contributed by atoms with Crippen molar-refractivity contribution in [3.8, 4) is 0 Å². The fourth-order valence-electron chi connectivity index (χ4n) is 1.04. The Morgan fingerprint density at radius 1 is 1.55 bits per heavy atom. The molecule has 1 aliphatic carbocycles. The monoisotopic (exact) mass is 153 g/mol. The molecule has 0 bridgehead atoms. The van der Waals surface area contributed by atoms with Gasteiger partial charge in [-0.3, -0.25) is 0 Å². The molecular formula is C5H8BN3O2. The molecule has 5 nitrogen and oxygen atoms in total. The van der Waals surface area contributed by atoms with Crippen LogP contribution in [0.4, 0.5) is 0 Å². The molecule has 0 radical (unpaired) electrons. The second-order valence-electron chi connectivity index (χ2n) is 2.71. The molecule has 0 amide bonds. The Morgan fingerprint density at radius 2 is 2.27 bits per heavy atom. The molecule has 1 aromatic heterocycles. The number of hydrogen-bond acceptors (Lipinski definition) is 4. The molecule has 1 heterocycles. The van der Waals surface area contributed by atoms with E-state index in [2.05, 4.69) is 10.3 Å². The molecular weight excluding hydrogens is 145 g/mol. The van der Waals surface area contributed by atoms with Crippen LogP contribution in [0.25, 0.3) is 0 Å². The highest BCUT2D eigenvalue weighted by molar-refractivity contribution is 6.57. The zero-order chi connectivity index (χ0) is 7.84.